The Morgan fingerprint density at radius 2 is 2.28 bits per heavy atom. The number of hydrogen-bond donors (Lipinski definition) is 1. The predicted molar refractivity (Wildman–Crippen MR) is 101 cm³/mol. The molecule has 1 saturated heterocycles. The Kier molecular flexibility index (Phi) is 6.74. The van der Waals surface area contributed by atoms with Gasteiger partial charge < -0.3 is 19.7 Å². The van der Waals surface area contributed by atoms with E-state index in [4.69, 9.17) is 17.0 Å². The Balaban J connectivity index is 2.32. The van der Waals surface area contributed by atoms with Gasteiger partial charge in [0.1, 0.15) is 15.8 Å². The van der Waals surface area contributed by atoms with Crippen LogP contribution in [-0.2, 0) is 9.59 Å². The van der Waals surface area contributed by atoms with Gasteiger partial charge in [-0.05, 0) is 42.7 Å². The highest BCUT2D eigenvalue weighted by atomic mass is 32.2. The highest BCUT2D eigenvalue weighted by Gasteiger charge is 2.37. The molecule has 0 aliphatic carbocycles. The number of phenols is 1. The summed E-state index contributed by atoms with van der Waals surface area (Å²) in [5, 5.41) is 21.4. The Morgan fingerprint density at radius 1 is 1.56 bits per heavy atom. The van der Waals surface area contributed by atoms with Crippen molar-refractivity contribution >= 4 is 58.0 Å². The summed E-state index contributed by atoms with van der Waals surface area (Å²) >= 11 is 7.65. The number of carboxylic acids is 1. The van der Waals surface area contributed by atoms with Crippen LogP contribution < -0.4 is 9.84 Å². The number of benzene rings is 1. The van der Waals surface area contributed by atoms with Crippen LogP contribution in [-0.4, -0.2) is 51.4 Å². The third-order valence-electron chi connectivity index (χ3n) is 3.52. The average Bonchev–Trinajstić information content (AvgIpc) is 2.84. The molecule has 0 bridgehead atoms. The summed E-state index contributed by atoms with van der Waals surface area (Å²) in [5.41, 5.74) is 0.383. The van der Waals surface area contributed by atoms with Crippen molar-refractivity contribution in [3.05, 3.63) is 28.7 Å². The van der Waals surface area contributed by atoms with Crippen LogP contribution >= 0.6 is 35.7 Å². The minimum Gasteiger partial charge on any atom is -0.548 e. The molecule has 1 amide bonds. The van der Waals surface area contributed by atoms with E-state index in [1.165, 1.54) is 31.0 Å². The number of phenolic OH excluding ortho intramolecular Hbond substituents is 1. The van der Waals surface area contributed by atoms with Crippen molar-refractivity contribution in [2.24, 2.45) is 0 Å². The maximum atomic E-state index is 12.6. The molecule has 0 saturated carbocycles. The number of thiocarbonyl (C=S) groups is 1. The van der Waals surface area contributed by atoms with Gasteiger partial charge in [-0.3, -0.25) is 9.69 Å². The van der Waals surface area contributed by atoms with Gasteiger partial charge in [-0.15, -0.1) is 0 Å². The third-order valence-corrected chi connectivity index (χ3v) is 5.50. The Hall–Kier alpha value is -1.71. The lowest BCUT2D eigenvalue weighted by atomic mass is 10.1. The number of carbonyl (C=O) groups is 2. The SMILES string of the molecule is COc1ccc(O)c(/C=C2\SC(=S)N([C@H](CCSC)C(=O)[O-])C2=O)c1. The van der Waals surface area contributed by atoms with E-state index in [1.807, 2.05) is 6.26 Å². The minimum atomic E-state index is -1.34. The van der Waals surface area contributed by atoms with Crippen molar-refractivity contribution in [2.45, 2.75) is 12.5 Å². The summed E-state index contributed by atoms with van der Waals surface area (Å²) in [4.78, 5) is 25.4. The van der Waals surface area contributed by atoms with Crippen molar-refractivity contribution in [1.29, 1.82) is 0 Å². The fourth-order valence-corrected chi connectivity index (χ4v) is 4.05. The van der Waals surface area contributed by atoms with Crippen LogP contribution in [0.15, 0.2) is 23.1 Å². The Morgan fingerprint density at radius 3 is 2.88 bits per heavy atom. The zero-order chi connectivity index (χ0) is 18.6. The smallest absolute Gasteiger partial charge is 0.266 e. The molecule has 25 heavy (non-hydrogen) atoms. The third kappa shape index (κ3) is 4.47. The maximum Gasteiger partial charge on any atom is 0.266 e. The first-order valence-electron chi connectivity index (χ1n) is 7.23. The molecule has 0 spiro atoms. The van der Waals surface area contributed by atoms with Gasteiger partial charge in [0.2, 0.25) is 0 Å². The lowest BCUT2D eigenvalue weighted by Crippen LogP contribution is -2.50. The molecule has 1 atom stereocenters. The van der Waals surface area contributed by atoms with E-state index < -0.39 is 17.9 Å². The normalized spacial score (nSPS) is 17.2. The molecular weight excluding hydrogens is 382 g/mol. The average molecular weight is 399 g/mol. The molecule has 0 unspecified atom stereocenters. The van der Waals surface area contributed by atoms with Crippen molar-refractivity contribution in [3.63, 3.8) is 0 Å². The van der Waals surface area contributed by atoms with Gasteiger partial charge in [-0.2, -0.15) is 11.8 Å². The van der Waals surface area contributed by atoms with Gasteiger partial charge in [-0.1, -0.05) is 24.0 Å². The van der Waals surface area contributed by atoms with Gasteiger partial charge >= 0.3 is 0 Å². The van der Waals surface area contributed by atoms with Crippen LogP contribution in [0.4, 0.5) is 0 Å². The van der Waals surface area contributed by atoms with Crippen LogP contribution in [0.3, 0.4) is 0 Å². The number of rotatable bonds is 7. The standard InChI is InChI=1S/C16H17NO5S3/c1-22-10-3-4-12(18)9(7-10)8-13-14(19)17(16(23)25-13)11(15(20)21)5-6-24-2/h3-4,7-8,11,18H,5-6H2,1-2H3,(H,20,21)/p-1/b13-8-/t11-/m1/s1. The summed E-state index contributed by atoms with van der Waals surface area (Å²) in [6.45, 7) is 0. The lowest BCUT2D eigenvalue weighted by molar-refractivity contribution is -0.310. The quantitative estimate of drug-likeness (QED) is 0.546. The summed E-state index contributed by atoms with van der Waals surface area (Å²) in [7, 11) is 1.49. The highest BCUT2D eigenvalue weighted by Crippen LogP contribution is 2.36. The van der Waals surface area contributed by atoms with E-state index in [2.05, 4.69) is 0 Å². The molecule has 1 aromatic carbocycles. The first-order chi connectivity index (χ1) is 11.9. The number of carboxylic acid groups (broad SMARTS) is 1. The zero-order valence-electron chi connectivity index (χ0n) is 13.6. The van der Waals surface area contributed by atoms with Crippen molar-refractivity contribution in [1.82, 2.24) is 4.90 Å². The first kappa shape index (κ1) is 19.6. The summed E-state index contributed by atoms with van der Waals surface area (Å²) in [6, 6.07) is 3.51. The van der Waals surface area contributed by atoms with Crippen LogP contribution in [0.2, 0.25) is 0 Å². The van der Waals surface area contributed by atoms with E-state index in [1.54, 1.807) is 12.1 Å². The van der Waals surface area contributed by atoms with Crippen molar-refractivity contribution in [2.75, 3.05) is 19.1 Å². The molecule has 134 valence electrons. The second kappa shape index (κ2) is 8.59. The van der Waals surface area contributed by atoms with Crippen LogP contribution in [0, 0.1) is 0 Å². The molecule has 1 aliphatic heterocycles. The number of methoxy groups -OCH3 is 1. The molecule has 1 fully saturated rings. The molecule has 1 N–H and O–H groups in total. The first-order valence-corrected chi connectivity index (χ1v) is 9.84. The lowest BCUT2D eigenvalue weighted by Gasteiger charge is -2.27. The molecule has 1 heterocycles. The molecule has 9 heteroatoms. The topological polar surface area (TPSA) is 89.9 Å². The van der Waals surface area contributed by atoms with Crippen LogP contribution in [0.5, 0.6) is 11.5 Å². The van der Waals surface area contributed by atoms with Gasteiger partial charge in [0.25, 0.3) is 5.91 Å². The second-order valence-electron chi connectivity index (χ2n) is 5.09. The van der Waals surface area contributed by atoms with Gasteiger partial charge in [0.15, 0.2) is 0 Å². The molecule has 6 nitrogen and oxygen atoms in total. The molecule has 1 aromatic rings. The largest absolute Gasteiger partial charge is 0.548 e. The van der Waals surface area contributed by atoms with E-state index in [-0.39, 0.29) is 21.4 Å². The highest BCUT2D eigenvalue weighted by molar-refractivity contribution is 8.26. The Labute approximate surface area is 159 Å². The zero-order valence-corrected chi connectivity index (χ0v) is 16.0. The number of carbonyl (C=O) groups excluding carboxylic acids is 2. The number of ether oxygens (including phenoxy) is 1. The number of thioether (sulfide) groups is 2. The number of hydrogen-bond acceptors (Lipinski definition) is 8. The van der Waals surface area contributed by atoms with Crippen molar-refractivity contribution < 1.29 is 24.5 Å². The predicted octanol–water partition coefficient (Wildman–Crippen LogP) is 1.47. The van der Waals surface area contributed by atoms with Crippen molar-refractivity contribution in [3.8, 4) is 11.5 Å². The van der Waals surface area contributed by atoms with Gasteiger partial charge in [0.05, 0.1) is 24.0 Å². The molecule has 1 aliphatic rings. The van der Waals surface area contributed by atoms with Gasteiger partial charge in [0, 0.05) is 5.56 Å². The summed E-state index contributed by atoms with van der Waals surface area (Å²) in [6.07, 6.45) is 3.56. The Bertz CT molecular complexity index is 734. The minimum absolute atomic E-state index is 0.0232. The molecule has 0 aromatic heterocycles. The number of amides is 1. The number of aromatic hydroxyl groups is 1. The van der Waals surface area contributed by atoms with E-state index >= 15 is 0 Å². The summed E-state index contributed by atoms with van der Waals surface area (Å²) < 4.78 is 5.26. The fraction of sp³-hybridized carbons (Fsp3) is 0.312. The van der Waals surface area contributed by atoms with E-state index in [9.17, 15) is 19.8 Å². The van der Waals surface area contributed by atoms with Crippen LogP contribution in [0.25, 0.3) is 6.08 Å². The number of nitrogens with zero attached hydrogens (tertiary/aromatic N) is 1. The van der Waals surface area contributed by atoms with E-state index in [0.717, 1.165) is 16.7 Å². The monoisotopic (exact) mass is 398 g/mol. The van der Waals surface area contributed by atoms with E-state index in [0.29, 0.717) is 17.1 Å². The van der Waals surface area contributed by atoms with Crippen LogP contribution in [0.1, 0.15) is 12.0 Å². The molecule has 0 radical (unpaired) electrons. The molecular formula is C16H16NO5S3-. The second-order valence-corrected chi connectivity index (χ2v) is 7.75. The van der Waals surface area contributed by atoms with Gasteiger partial charge in [-0.25, -0.2) is 0 Å². The molecule has 2 rings (SSSR count). The summed E-state index contributed by atoms with van der Waals surface area (Å²) in [5.74, 6) is -0.786. The fourth-order valence-electron chi connectivity index (χ4n) is 2.25. The number of aliphatic carboxylic acids is 1. The maximum absolute atomic E-state index is 12.6.